The van der Waals surface area contributed by atoms with Crippen LogP contribution in [0.25, 0.3) is 11.3 Å². The minimum atomic E-state index is -3.54. The number of amides is 1. The van der Waals surface area contributed by atoms with Gasteiger partial charge in [0, 0.05) is 26.0 Å². The summed E-state index contributed by atoms with van der Waals surface area (Å²) in [6, 6.07) is 13.8. The Morgan fingerprint density at radius 3 is 2.44 bits per heavy atom. The van der Waals surface area contributed by atoms with E-state index in [4.69, 9.17) is 11.6 Å². The van der Waals surface area contributed by atoms with Gasteiger partial charge in [-0.25, -0.2) is 13.4 Å². The Labute approximate surface area is 179 Å². The summed E-state index contributed by atoms with van der Waals surface area (Å²) in [4.78, 5) is 16.6. The van der Waals surface area contributed by atoms with Gasteiger partial charge in [-0.2, -0.15) is 0 Å². The summed E-state index contributed by atoms with van der Waals surface area (Å²) < 4.78 is 25.7. The summed E-state index contributed by atoms with van der Waals surface area (Å²) in [7, 11) is -3.54. The Morgan fingerprint density at radius 2 is 1.78 bits per heavy atom. The van der Waals surface area contributed by atoms with Gasteiger partial charge in [0.25, 0.3) is 0 Å². The predicted octanol–water partition coefficient (Wildman–Crippen LogP) is 4.87. The number of carbonyl (C=O) groups is 1. The topological polar surface area (TPSA) is 76.1 Å². The molecule has 0 saturated heterocycles. The van der Waals surface area contributed by atoms with Gasteiger partial charge < -0.3 is 5.32 Å². The number of hydrogen-bond acceptors (Lipinski definition) is 5. The van der Waals surface area contributed by atoms with Gasteiger partial charge in [0.15, 0.2) is 15.0 Å². The molecule has 0 bridgehead atoms. The molecule has 3 aromatic rings. The SMILES string of the molecule is O=C(CCS(=O)(=O)c1ccc(Cl)cc1)Nc1nc(-c2ccc(I)cc2)cs1. The van der Waals surface area contributed by atoms with E-state index >= 15 is 0 Å². The molecule has 3 rings (SSSR count). The normalized spacial score (nSPS) is 11.3. The molecule has 2 aromatic carbocycles. The van der Waals surface area contributed by atoms with E-state index in [1.165, 1.54) is 35.6 Å². The largest absolute Gasteiger partial charge is 0.302 e. The van der Waals surface area contributed by atoms with Crippen molar-refractivity contribution in [2.75, 3.05) is 11.1 Å². The van der Waals surface area contributed by atoms with Gasteiger partial charge >= 0.3 is 0 Å². The number of thiazole rings is 1. The summed E-state index contributed by atoms with van der Waals surface area (Å²) in [5, 5.41) is 5.41. The summed E-state index contributed by atoms with van der Waals surface area (Å²) >= 11 is 9.30. The van der Waals surface area contributed by atoms with Crippen LogP contribution in [0.4, 0.5) is 5.13 Å². The highest BCUT2D eigenvalue weighted by atomic mass is 127. The summed E-state index contributed by atoms with van der Waals surface area (Å²) in [6.45, 7) is 0. The van der Waals surface area contributed by atoms with Crippen LogP contribution in [0.2, 0.25) is 5.02 Å². The molecular weight excluding hydrogens is 519 g/mol. The fraction of sp³-hybridized carbons (Fsp3) is 0.111. The Kier molecular flexibility index (Phi) is 6.51. The molecule has 0 saturated carbocycles. The number of hydrogen-bond donors (Lipinski definition) is 1. The van der Waals surface area contributed by atoms with E-state index in [1.54, 1.807) is 0 Å². The number of anilines is 1. The smallest absolute Gasteiger partial charge is 0.227 e. The van der Waals surface area contributed by atoms with E-state index in [0.717, 1.165) is 14.8 Å². The molecule has 5 nitrogen and oxygen atoms in total. The highest BCUT2D eigenvalue weighted by molar-refractivity contribution is 14.1. The zero-order valence-electron chi connectivity index (χ0n) is 13.9. The van der Waals surface area contributed by atoms with Crippen LogP contribution in [0.3, 0.4) is 0 Å². The van der Waals surface area contributed by atoms with E-state index in [2.05, 4.69) is 32.9 Å². The van der Waals surface area contributed by atoms with Gasteiger partial charge in [0.1, 0.15) is 0 Å². The van der Waals surface area contributed by atoms with Crippen molar-refractivity contribution < 1.29 is 13.2 Å². The van der Waals surface area contributed by atoms with E-state index in [9.17, 15) is 13.2 Å². The van der Waals surface area contributed by atoms with E-state index < -0.39 is 15.7 Å². The Bertz CT molecular complexity index is 1050. The van der Waals surface area contributed by atoms with Crippen LogP contribution in [-0.2, 0) is 14.6 Å². The van der Waals surface area contributed by atoms with Crippen molar-refractivity contribution in [3.63, 3.8) is 0 Å². The second-order valence-electron chi connectivity index (χ2n) is 5.62. The van der Waals surface area contributed by atoms with Crippen molar-refractivity contribution >= 4 is 66.4 Å². The van der Waals surface area contributed by atoms with Crippen molar-refractivity contribution in [1.29, 1.82) is 0 Å². The molecule has 0 spiro atoms. The number of nitrogens with zero attached hydrogens (tertiary/aromatic N) is 1. The van der Waals surface area contributed by atoms with Crippen LogP contribution in [-0.4, -0.2) is 25.1 Å². The molecule has 0 atom stereocenters. The molecule has 0 unspecified atom stereocenters. The van der Waals surface area contributed by atoms with Crippen molar-refractivity contribution in [3.05, 3.63) is 62.5 Å². The second kappa shape index (κ2) is 8.68. The molecule has 0 aliphatic heterocycles. The Balaban J connectivity index is 1.59. The fourth-order valence-electron chi connectivity index (χ4n) is 2.25. The lowest BCUT2D eigenvalue weighted by atomic mass is 10.2. The zero-order valence-corrected chi connectivity index (χ0v) is 18.4. The van der Waals surface area contributed by atoms with E-state index in [1.807, 2.05) is 29.6 Å². The van der Waals surface area contributed by atoms with E-state index in [-0.39, 0.29) is 17.1 Å². The number of nitrogens with one attached hydrogen (secondary N) is 1. The maximum atomic E-state index is 12.3. The van der Waals surface area contributed by atoms with Crippen LogP contribution in [0.1, 0.15) is 6.42 Å². The first-order valence-electron chi connectivity index (χ1n) is 7.83. The van der Waals surface area contributed by atoms with Gasteiger partial charge in [-0.15, -0.1) is 11.3 Å². The van der Waals surface area contributed by atoms with Crippen molar-refractivity contribution in [2.45, 2.75) is 11.3 Å². The first-order chi connectivity index (χ1) is 12.8. The van der Waals surface area contributed by atoms with Crippen LogP contribution >= 0.6 is 45.5 Å². The van der Waals surface area contributed by atoms with Crippen molar-refractivity contribution in [1.82, 2.24) is 4.98 Å². The fourth-order valence-corrected chi connectivity index (χ4v) is 4.72. The highest BCUT2D eigenvalue weighted by Crippen LogP contribution is 2.25. The number of aromatic nitrogens is 1. The predicted molar refractivity (Wildman–Crippen MR) is 117 cm³/mol. The lowest BCUT2D eigenvalue weighted by Gasteiger charge is -2.05. The first-order valence-corrected chi connectivity index (χ1v) is 11.8. The first kappa shape index (κ1) is 20.2. The number of sulfone groups is 1. The second-order valence-corrected chi connectivity index (χ2v) is 10.3. The molecule has 1 N–H and O–H groups in total. The van der Waals surface area contributed by atoms with Gasteiger partial charge in [-0.3, -0.25) is 4.79 Å². The molecular formula is C18H14ClIN2O3S2. The number of carbonyl (C=O) groups excluding carboxylic acids is 1. The van der Waals surface area contributed by atoms with Crippen molar-refractivity contribution in [2.24, 2.45) is 0 Å². The number of benzene rings is 2. The molecule has 0 aliphatic rings. The number of rotatable bonds is 6. The molecule has 0 fully saturated rings. The monoisotopic (exact) mass is 532 g/mol. The van der Waals surface area contributed by atoms with Gasteiger partial charge in [-0.05, 0) is 59.0 Å². The minimum Gasteiger partial charge on any atom is -0.302 e. The number of halogens is 2. The maximum absolute atomic E-state index is 12.3. The van der Waals surface area contributed by atoms with E-state index in [0.29, 0.717) is 10.2 Å². The van der Waals surface area contributed by atoms with Crippen LogP contribution in [0, 0.1) is 3.57 Å². The summed E-state index contributed by atoms with van der Waals surface area (Å²) in [6.07, 6.45) is -0.149. The van der Waals surface area contributed by atoms with Crippen LogP contribution in [0.15, 0.2) is 58.8 Å². The molecule has 1 heterocycles. The van der Waals surface area contributed by atoms with Crippen LogP contribution in [0.5, 0.6) is 0 Å². The van der Waals surface area contributed by atoms with Gasteiger partial charge in [0.05, 0.1) is 16.3 Å². The Morgan fingerprint density at radius 1 is 1.11 bits per heavy atom. The minimum absolute atomic E-state index is 0.148. The molecule has 27 heavy (non-hydrogen) atoms. The highest BCUT2D eigenvalue weighted by Gasteiger charge is 2.17. The third-order valence-corrected chi connectivity index (χ3v) is 7.12. The third-order valence-electron chi connectivity index (χ3n) is 3.66. The average Bonchev–Trinajstić information content (AvgIpc) is 3.09. The van der Waals surface area contributed by atoms with Crippen molar-refractivity contribution in [3.8, 4) is 11.3 Å². The Hall–Kier alpha value is -1.49. The lowest BCUT2D eigenvalue weighted by molar-refractivity contribution is -0.115. The molecule has 0 radical (unpaired) electrons. The zero-order chi connectivity index (χ0) is 19.4. The molecule has 1 aromatic heterocycles. The standard InChI is InChI=1S/C18H14ClIN2O3S2/c19-13-3-7-15(8-4-13)27(24,25)10-9-17(23)22-18-21-16(11-26-18)12-1-5-14(20)6-2-12/h1-8,11H,9-10H2,(H,21,22,23). The molecule has 140 valence electrons. The third kappa shape index (κ3) is 5.50. The molecule has 0 aliphatic carbocycles. The van der Waals surface area contributed by atoms with Crippen LogP contribution < -0.4 is 5.32 Å². The molecule has 9 heteroatoms. The van der Waals surface area contributed by atoms with Gasteiger partial charge in [0.2, 0.25) is 5.91 Å². The molecule has 1 amide bonds. The maximum Gasteiger partial charge on any atom is 0.227 e. The summed E-state index contributed by atoms with van der Waals surface area (Å²) in [5.41, 5.74) is 1.72. The summed E-state index contributed by atoms with van der Waals surface area (Å²) in [5.74, 6) is -0.674. The quantitative estimate of drug-likeness (QED) is 0.460. The average molecular weight is 533 g/mol. The lowest BCUT2D eigenvalue weighted by Crippen LogP contribution is -2.17. The van der Waals surface area contributed by atoms with Gasteiger partial charge in [-0.1, -0.05) is 23.7 Å².